The van der Waals surface area contributed by atoms with Crippen molar-refractivity contribution in [3.8, 4) is 0 Å². The average molecular weight is 483 g/mol. The van der Waals surface area contributed by atoms with Gasteiger partial charge in [0.05, 0.1) is 5.70 Å². The summed E-state index contributed by atoms with van der Waals surface area (Å²) in [5.74, 6) is 0. The highest BCUT2D eigenvalue weighted by atomic mass is 15.2. The quantitative estimate of drug-likeness (QED) is 0.379. The van der Waals surface area contributed by atoms with E-state index in [2.05, 4.69) is 127 Å². The van der Waals surface area contributed by atoms with Crippen LogP contribution in [0.25, 0.3) is 17.8 Å². The van der Waals surface area contributed by atoms with Gasteiger partial charge >= 0.3 is 0 Å². The molecule has 0 amide bonds. The van der Waals surface area contributed by atoms with E-state index in [1.807, 2.05) is 18.2 Å². The van der Waals surface area contributed by atoms with E-state index in [4.69, 9.17) is 0 Å². The second-order valence-corrected chi connectivity index (χ2v) is 9.68. The molecule has 1 unspecified atom stereocenters. The highest BCUT2D eigenvalue weighted by Crippen LogP contribution is 2.32. The van der Waals surface area contributed by atoms with Crippen LogP contribution in [0.5, 0.6) is 0 Å². The van der Waals surface area contributed by atoms with E-state index in [1.54, 1.807) is 0 Å². The number of benzene rings is 3. The zero-order valence-electron chi connectivity index (χ0n) is 21.5. The van der Waals surface area contributed by atoms with Crippen LogP contribution in [0.4, 0.5) is 11.4 Å². The van der Waals surface area contributed by atoms with Crippen molar-refractivity contribution < 1.29 is 0 Å². The van der Waals surface area contributed by atoms with Crippen molar-refractivity contribution in [3.63, 3.8) is 0 Å². The standard InChI is InChI=1S/C35H34N2/c1-4-35(34-16-9-8-11-27(34)3)37(32-21-17-26(2)18-22-32)33-23-19-28(20-24-33)29-12-10-15-31(25-29)36-30-13-6-5-7-14-30/h4-14,16-17,19-21,23-25,31,36H,1,3,15,18,22H2,2H3/b35-34+. The lowest BCUT2D eigenvalue weighted by atomic mass is 9.96. The van der Waals surface area contributed by atoms with Crippen molar-refractivity contribution in [1.82, 2.24) is 0 Å². The van der Waals surface area contributed by atoms with E-state index in [0.717, 1.165) is 46.8 Å². The number of hydrogen-bond acceptors (Lipinski definition) is 2. The summed E-state index contributed by atoms with van der Waals surface area (Å²) in [6.45, 7) is 10.7. The second-order valence-electron chi connectivity index (χ2n) is 9.68. The molecule has 0 radical (unpaired) electrons. The van der Waals surface area contributed by atoms with Crippen LogP contribution in [0.2, 0.25) is 0 Å². The summed E-state index contributed by atoms with van der Waals surface area (Å²) in [6, 6.07) is 27.9. The Morgan fingerprint density at radius 3 is 2.38 bits per heavy atom. The first-order chi connectivity index (χ1) is 18.1. The first-order valence-electron chi connectivity index (χ1n) is 13.0. The monoisotopic (exact) mass is 482 g/mol. The van der Waals surface area contributed by atoms with Crippen molar-refractivity contribution in [1.29, 1.82) is 0 Å². The van der Waals surface area contributed by atoms with Crippen molar-refractivity contribution in [2.24, 2.45) is 0 Å². The molecule has 0 aliphatic heterocycles. The molecule has 0 saturated carbocycles. The predicted octanol–water partition coefficient (Wildman–Crippen LogP) is 7.35. The van der Waals surface area contributed by atoms with Gasteiger partial charge in [-0.3, -0.25) is 0 Å². The van der Waals surface area contributed by atoms with Crippen molar-refractivity contribution in [2.75, 3.05) is 10.2 Å². The van der Waals surface area contributed by atoms with Gasteiger partial charge in [-0.25, -0.2) is 0 Å². The van der Waals surface area contributed by atoms with Gasteiger partial charge in [0.2, 0.25) is 0 Å². The average Bonchev–Trinajstić information content (AvgIpc) is 2.94. The van der Waals surface area contributed by atoms with Crippen LogP contribution in [0, 0.1) is 0 Å². The van der Waals surface area contributed by atoms with Crippen LogP contribution in [-0.2, 0) is 0 Å². The van der Waals surface area contributed by atoms with Crippen LogP contribution in [0.15, 0.2) is 133 Å². The lowest BCUT2D eigenvalue weighted by Gasteiger charge is -2.30. The van der Waals surface area contributed by atoms with Gasteiger partial charge in [-0.15, -0.1) is 0 Å². The Hall–Kier alpha value is -4.30. The smallest absolute Gasteiger partial charge is 0.0530 e. The molecule has 2 aliphatic carbocycles. The fourth-order valence-electron chi connectivity index (χ4n) is 4.99. The molecular weight excluding hydrogens is 448 g/mol. The van der Waals surface area contributed by atoms with Gasteiger partial charge in [-0.2, -0.15) is 0 Å². The molecule has 3 aromatic rings. The highest BCUT2D eigenvalue weighted by Gasteiger charge is 2.18. The minimum absolute atomic E-state index is 0.273. The molecule has 2 nitrogen and oxygen atoms in total. The number of hydrogen-bond donors (Lipinski definition) is 1. The number of nitrogens with one attached hydrogen (secondary N) is 1. The lowest BCUT2D eigenvalue weighted by molar-refractivity contribution is 0.876. The maximum Gasteiger partial charge on any atom is 0.0530 e. The summed E-state index contributed by atoms with van der Waals surface area (Å²) < 4.78 is 0. The summed E-state index contributed by atoms with van der Waals surface area (Å²) >= 11 is 0. The molecule has 0 heterocycles. The normalized spacial score (nSPS) is 17.8. The molecule has 37 heavy (non-hydrogen) atoms. The van der Waals surface area contributed by atoms with Gasteiger partial charge in [0.1, 0.15) is 0 Å². The van der Waals surface area contributed by atoms with E-state index in [-0.39, 0.29) is 6.04 Å². The third kappa shape index (κ3) is 5.59. The summed E-state index contributed by atoms with van der Waals surface area (Å²) in [7, 11) is 0. The summed E-state index contributed by atoms with van der Waals surface area (Å²) in [5.41, 5.74) is 8.45. The molecule has 0 aromatic heterocycles. The van der Waals surface area contributed by atoms with Crippen molar-refractivity contribution in [2.45, 2.75) is 32.2 Å². The van der Waals surface area contributed by atoms with Crippen LogP contribution in [-0.4, -0.2) is 6.04 Å². The Bertz CT molecular complexity index is 1500. The second kappa shape index (κ2) is 11.2. The Kier molecular flexibility index (Phi) is 7.37. The maximum absolute atomic E-state index is 4.29. The Balaban J connectivity index is 1.50. The molecule has 184 valence electrons. The molecule has 3 aromatic carbocycles. The third-order valence-electron chi connectivity index (χ3n) is 7.00. The van der Waals surface area contributed by atoms with Crippen molar-refractivity contribution >= 4 is 29.2 Å². The molecular formula is C35H34N2. The van der Waals surface area contributed by atoms with E-state index in [9.17, 15) is 0 Å². The number of anilines is 2. The third-order valence-corrected chi connectivity index (χ3v) is 7.00. The summed E-state index contributed by atoms with van der Waals surface area (Å²) in [6.07, 6.45) is 16.3. The number of nitrogens with zero attached hydrogens (tertiary/aromatic N) is 1. The van der Waals surface area contributed by atoms with Crippen LogP contribution < -0.4 is 20.7 Å². The number of para-hydroxylation sites is 1. The molecule has 0 bridgehead atoms. The molecule has 0 fully saturated rings. The van der Waals surface area contributed by atoms with E-state index in [1.165, 1.54) is 22.4 Å². The Labute approximate surface area is 220 Å². The molecule has 0 spiro atoms. The zero-order valence-corrected chi connectivity index (χ0v) is 21.5. The molecule has 2 heteroatoms. The molecule has 5 rings (SSSR count). The van der Waals surface area contributed by atoms with Crippen LogP contribution >= 0.6 is 0 Å². The Morgan fingerprint density at radius 2 is 1.68 bits per heavy atom. The van der Waals surface area contributed by atoms with Crippen LogP contribution in [0.1, 0.15) is 31.7 Å². The zero-order chi connectivity index (χ0) is 25.6. The van der Waals surface area contributed by atoms with E-state index >= 15 is 0 Å². The first-order valence-corrected chi connectivity index (χ1v) is 13.0. The SMILES string of the molecule is C=C/C(=c1/ccccc1=C)N(C1=CC=C(C)CC1)c1ccc(C2=CC(Nc3ccccc3)CC=C2)cc1. The number of rotatable bonds is 7. The molecule has 0 saturated heterocycles. The molecule has 1 atom stereocenters. The van der Waals surface area contributed by atoms with Gasteiger partial charge in [0.25, 0.3) is 0 Å². The topological polar surface area (TPSA) is 15.3 Å². The van der Waals surface area contributed by atoms with Crippen LogP contribution in [0.3, 0.4) is 0 Å². The maximum atomic E-state index is 4.29. The van der Waals surface area contributed by atoms with E-state index < -0.39 is 0 Å². The largest absolute Gasteiger partial charge is 0.379 e. The van der Waals surface area contributed by atoms with Gasteiger partial charge in [-0.05, 0) is 79.0 Å². The minimum atomic E-state index is 0.273. The Morgan fingerprint density at radius 1 is 0.919 bits per heavy atom. The highest BCUT2D eigenvalue weighted by molar-refractivity contribution is 5.81. The predicted molar refractivity (Wildman–Crippen MR) is 160 cm³/mol. The van der Waals surface area contributed by atoms with Gasteiger partial charge < -0.3 is 10.2 Å². The number of allylic oxidation sites excluding steroid dienone is 6. The summed E-state index contributed by atoms with van der Waals surface area (Å²) in [5, 5.41) is 5.73. The molecule has 1 N–H and O–H groups in total. The first kappa shape index (κ1) is 24.4. The van der Waals surface area contributed by atoms with E-state index in [0.29, 0.717) is 0 Å². The van der Waals surface area contributed by atoms with Gasteiger partial charge in [0, 0.05) is 28.3 Å². The van der Waals surface area contributed by atoms with Gasteiger partial charge in [0.15, 0.2) is 0 Å². The minimum Gasteiger partial charge on any atom is -0.379 e. The molecule has 2 aliphatic rings. The fourth-order valence-corrected chi connectivity index (χ4v) is 4.99. The van der Waals surface area contributed by atoms with Crippen molar-refractivity contribution in [3.05, 3.63) is 149 Å². The fraction of sp³-hybridized carbons (Fsp3) is 0.143. The van der Waals surface area contributed by atoms with Gasteiger partial charge in [-0.1, -0.05) is 97.6 Å². The lowest BCUT2D eigenvalue weighted by Crippen LogP contribution is -2.33. The summed E-state index contributed by atoms with van der Waals surface area (Å²) in [4.78, 5) is 2.34.